The molecule has 0 saturated heterocycles. The van der Waals surface area contributed by atoms with Crippen LogP contribution in [0.4, 0.5) is 0 Å². The van der Waals surface area contributed by atoms with E-state index < -0.39 is 6.10 Å². The van der Waals surface area contributed by atoms with Crippen LogP contribution in [0.5, 0.6) is 0 Å². The molecule has 192 valence electrons. The Morgan fingerprint density at radius 3 is 2.86 bits per heavy atom. The highest BCUT2D eigenvalue weighted by Gasteiger charge is 2.63. The maximum absolute atomic E-state index is 13.6. The van der Waals surface area contributed by atoms with Gasteiger partial charge in [-0.05, 0) is 85.3 Å². The van der Waals surface area contributed by atoms with Crippen LogP contribution in [0.25, 0.3) is 17.1 Å². The van der Waals surface area contributed by atoms with E-state index in [1.807, 2.05) is 30.5 Å². The number of aliphatic hydroxyl groups excluding tert-OH is 1. The summed E-state index contributed by atoms with van der Waals surface area (Å²) < 4.78 is 5.48. The zero-order valence-corrected chi connectivity index (χ0v) is 22.2. The number of hydrogen-bond acceptors (Lipinski definition) is 7. The van der Waals surface area contributed by atoms with Crippen molar-refractivity contribution in [1.29, 1.82) is 0 Å². The molecule has 7 atom stereocenters. The highest BCUT2D eigenvalue weighted by Crippen LogP contribution is 2.66. The molecule has 6 nitrogen and oxygen atoms in total. The largest absolute Gasteiger partial charge is 0.393 e. The van der Waals surface area contributed by atoms with Crippen molar-refractivity contribution in [3.63, 3.8) is 0 Å². The van der Waals surface area contributed by atoms with Crippen molar-refractivity contribution in [3.8, 4) is 0 Å². The zero-order chi connectivity index (χ0) is 25.4. The van der Waals surface area contributed by atoms with E-state index in [1.54, 1.807) is 6.20 Å². The van der Waals surface area contributed by atoms with Crippen molar-refractivity contribution in [3.05, 3.63) is 53.6 Å². The number of aromatic nitrogens is 3. The molecule has 7 heteroatoms. The SMILES string of the molecule is CC12Cc3cnoc3C=C1CCC1C2C(O)CC2(C)C(C(=O)CSc3cnc4ccccc4n3)CCC12. The molecule has 0 radical (unpaired) electrons. The quantitative estimate of drug-likeness (QED) is 0.443. The number of thioether (sulfide) groups is 1. The number of nitrogens with zero attached hydrogens (tertiary/aromatic N) is 3. The third-order valence-electron chi connectivity index (χ3n) is 10.4. The number of allylic oxidation sites excluding steroid dienone is 1. The summed E-state index contributed by atoms with van der Waals surface area (Å²) in [5, 5.41) is 16.6. The summed E-state index contributed by atoms with van der Waals surface area (Å²) in [4.78, 5) is 22.8. The molecule has 37 heavy (non-hydrogen) atoms. The molecule has 4 aliphatic carbocycles. The molecule has 0 spiro atoms. The van der Waals surface area contributed by atoms with E-state index in [0.717, 1.165) is 59.5 Å². The Labute approximate surface area is 221 Å². The topological polar surface area (TPSA) is 89.1 Å². The molecule has 4 aliphatic rings. The maximum atomic E-state index is 13.6. The lowest BCUT2D eigenvalue weighted by Crippen LogP contribution is -2.57. The summed E-state index contributed by atoms with van der Waals surface area (Å²) >= 11 is 1.49. The van der Waals surface area contributed by atoms with E-state index in [9.17, 15) is 9.90 Å². The number of carbonyl (C=O) groups is 1. The number of rotatable bonds is 4. The summed E-state index contributed by atoms with van der Waals surface area (Å²) in [6.07, 6.45) is 11.1. The number of aliphatic hydroxyl groups is 1. The van der Waals surface area contributed by atoms with Gasteiger partial charge in [-0.3, -0.25) is 9.78 Å². The summed E-state index contributed by atoms with van der Waals surface area (Å²) in [7, 11) is 0. The van der Waals surface area contributed by atoms with Gasteiger partial charge in [0.1, 0.15) is 10.8 Å². The van der Waals surface area contributed by atoms with Crippen LogP contribution in [0.15, 0.2) is 51.8 Å². The molecule has 3 aromatic rings. The van der Waals surface area contributed by atoms with Crippen LogP contribution in [0, 0.1) is 34.5 Å². The molecule has 2 aromatic heterocycles. The Balaban J connectivity index is 1.10. The van der Waals surface area contributed by atoms with Gasteiger partial charge in [-0.15, -0.1) is 0 Å². The molecular formula is C30H33N3O3S. The molecule has 7 rings (SSSR count). The van der Waals surface area contributed by atoms with Crippen molar-refractivity contribution in [2.24, 2.45) is 34.5 Å². The van der Waals surface area contributed by atoms with Gasteiger partial charge in [0.15, 0.2) is 5.76 Å². The number of Topliss-reactive ketones (excluding diaryl/α,β-unsaturated/α-hetero) is 1. The van der Waals surface area contributed by atoms with Gasteiger partial charge in [-0.1, -0.05) is 48.5 Å². The lowest BCUT2D eigenvalue weighted by atomic mass is 9.46. The second-order valence-corrected chi connectivity index (χ2v) is 13.2. The van der Waals surface area contributed by atoms with E-state index in [0.29, 0.717) is 29.8 Å². The Bertz CT molecular complexity index is 1420. The Morgan fingerprint density at radius 2 is 2.00 bits per heavy atom. The van der Waals surface area contributed by atoms with E-state index in [1.165, 1.54) is 17.3 Å². The molecule has 0 amide bonds. The van der Waals surface area contributed by atoms with Crippen molar-refractivity contribution >= 4 is 34.7 Å². The zero-order valence-electron chi connectivity index (χ0n) is 21.4. The lowest BCUT2D eigenvalue weighted by molar-refractivity contribution is -0.140. The number of fused-ring (bicyclic) bond motifs is 7. The Hall–Kier alpha value is -2.51. The van der Waals surface area contributed by atoms with Crippen molar-refractivity contribution in [2.75, 3.05) is 5.75 Å². The van der Waals surface area contributed by atoms with Crippen molar-refractivity contribution in [2.45, 2.75) is 63.5 Å². The average Bonchev–Trinajstić information content (AvgIpc) is 3.48. The molecule has 0 bridgehead atoms. The predicted octanol–water partition coefficient (Wildman–Crippen LogP) is 5.75. The molecule has 3 fully saturated rings. The predicted molar refractivity (Wildman–Crippen MR) is 143 cm³/mol. The second kappa shape index (κ2) is 8.50. The summed E-state index contributed by atoms with van der Waals surface area (Å²) in [6, 6.07) is 7.82. The first kappa shape index (κ1) is 23.6. The van der Waals surface area contributed by atoms with Gasteiger partial charge in [-0.25, -0.2) is 4.98 Å². The van der Waals surface area contributed by atoms with Crippen LogP contribution in [0.3, 0.4) is 0 Å². The van der Waals surface area contributed by atoms with Crippen LogP contribution in [0.2, 0.25) is 0 Å². The monoisotopic (exact) mass is 515 g/mol. The molecule has 7 unspecified atom stereocenters. The van der Waals surface area contributed by atoms with Crippen LogP contribution < -0.4 is 0 Å². The number of para-hydroxylation sites is 2. The minimum absolute atomic E-state index is 0.00482. The van der Waals surface area contributed by atoms with Gasteiger partial charge < -0.3 is 9.63 Å². The van der Waals surface area contributed by atoms with E-state index >= 15 is 0 Å². The van der Waals surface area contributed by atoms with Gasteiger partial charge in [0.05, 0.1) is 35.3 Å². The van der Waals surface area contributed by atoms with Crippen molar-refractivity contribution < 1.29 is 14.4 Å². The Morgan fingerprint density at radius 1 is 1.16 bits per heavy atom. The molecule has 2 heterocycles. The van der Waals surface area contributed by atoms with Gasteiger partial charge in [0.2, 0.25) is 0 Å². The van der Waals surface area contributed by atoms with Crippen LogP contribution in [0.1, 0.15) is 57.3 Å². The second-order valence-electron chi connectivity index (χ2n) is 12.2. The summed E-state index contributed by atoms with van der Waals surface area (Å²) in [6.45, 7) is 4.64. The fourth-order valence-corrected chi connectivity index (χ4v) is 9.58. The fraction of sp³-hybridized carbons (Fsp3) is 0.533. The number of ketones is 1. The highest BCUT2D eigenvalue weighted by molar-refractivity contribution is 7.99. The van der Waals surface area contributed by atoms with Crippen LogP contribution in [-0.2, 0) is 11.2 Å². The standard InChI is InChI=1S/C30H33N3O3S/c1-29-12-17-14-32-36-26(17)11-18(29)7-8-19-20-9-10-21(30(20,2)13-24(34)28(19)29)25(35)16-37-27-15-31-22-5-3-4-6-23(22)33-27/h3-6,11,14-15,19-21,24,28,34H,7-10,12-13,16H2,1-2H3. The van der Waals surface area contributed by atoms with E-state index in [2.05, 4.69) is 35.0 Å². The van der Waals surface area contributed by atoms with Crippen molar-refractivity contribution in [1.82, 2.24) is 15.1 Å². The first-order chi connectivity index (χ1) is 17.9. The molecule has 3 saturated carbocycles. The van der Waals surface area contributed by atoms with Crippen LogP contribution >= 0.6 is 11.8 Å². The summed E-state index contributed by atoms with van der Waals surface area (Å²) in [5.41, 5.74) is 4.05. The van der Waals surface area contributed by atoms with Gasteiger partial charge in [0, 0.05) is 11.5 Å². The smallest absolute Gasteiger partial charge is 0.162 e. The first-order valence-corrected chi connectivity index (χ1v) is 14.6. The van der Waals surface area contributed by atoms with Crippen LogP contribution in [-0.4, -0.2) is 37.9 Å². The number of hydrogen-bond donors (Lipinski definition) is 1. The normalized spacial score (nSPS) is 36.3. The maximum Gasteiger partial charge on any atom is 0.162 e. The van der Waals surface area contributed by atoms with Gasteiger partial charge >= 0.3 is 0 Å². The van der Waals surface area contributed by atoms with E-state index in [4.69, 9.17) is 4.52 Å². The minimum Gasteiger partial charge on any atom is -0.393 e. The third-order valence-corrected chi connectivity index (χ3v) is 11.3. The van der Waals surface area contributed by atoms with E-state index in [-0.39, 0.29) is 22.7 Å². The Kier molecular flexibility index (Phi) is 5.42. The molecule has 1 N–H and O–H groups in total. The first-order valence-electron chi connectivity index (χ1n) is 13.6. The van der Waals surface area contributed by atoms with Gasteiger partial charge in [-0.2, -0.15) is 0 Å². The third kappa shape index (κ3) is 3.57. The fourth-order valence-electron chi connectivity index (χ4n) is 8.80. The van der Waals surface area contributed by atoms with Gasteiger partial charge in [0.25, 0.3) is 0 Å². The average molecular weight is 516 g/mol. The number of carbonyl (C=O) groups excluding carboxylic acids is 1. The minimum atomic E-state index is -0.409. The molecule has 1 aromatic carbocycles. The number of benzene rings is 1. The summed E-state index contributed by atoms with van der Waals surface area (Å²) in [5.74, 6) is 2.72. The lowest BCUT2D eigenvalue weighted by Gasteiger charge is -2.59. The highest BCUT2D eigenvalue weighted by atomic mass is 32.2. The molecule has 0 aliphatic heterocycles. The molecular weight excluding hydrogens is 482 g/mol.